The number of benzene rings is 1. The molecular formula is C13H13ClF3NO3. The van der Waals surface area contributed by atoms with Crippen LogP contribution in [0.25, 0.3) is 0 Å². The standard InChI is InChI=1S/C13H13ClF3NO3/c14-10-4-2-9(3-5-10)12(13(15,16)17)18-21-8-11-19-6-1-7-20-11/h2-5,11H,1,6-8H2. The Morgan fingerprint density at radius 1 is 1.24 bits per heavy atom. The van der Waals surface area contributed by atoms with Gasteiger partial charge >= 0.3 is 6.18 Å². The van der Waals surface area contributed by atoms with Crippen LogP contribution >= 0.6 is 11.6 Å². The maximum atomic E-state index is 13.0. The summed E-state index contributed by atoms with van der Waals surface area (Å²) < 4.78 is 49.2. The van der Waals surface area contributed by atoms with Crippen molar-refractivity contribution < 1.29 is 27.5 Å². The number of halogens is 4. The molecule has 0 N–H and O–H groups in total. The fraction of sp³-hybridized carbons (Fsp3) is 0.462. The van der Waals surface area contributed by atoms with Gasteiger partial charge in [-0.3, -0.25) is 0 Å². The number of ether oxygens (including phenoxy) is 2. The second kappa shape index (κ2) is 7.11. The van der Waals surface area contributed by atoms with Crippen LogP contribution in [0.5, 0.6) is 0 Å². The van der Waals surface area contributed by atoms with Gasteiger partial charge in [0, 0.05) is 10.6 Å². The van der Waals surface area contributed by atoms with Crippen LogP contribution in [-0.2, 0) is 14.3 Å². The molecule has 0 aromatic heterocycles. The maximum absolute atomic E-state index is 13.0. The van der Waals surface area contributed by atoms with Gasteiger partial charge in [-0.2, -0.15) is 13.2 Å². The van der Waals surface area contributed by atoms with Crippen molar-refractivity contribution in [3.63, 3.8) is 0 Å². The Morgan fingerprint density at radius 3 is 2.43 bits per heavy atom. The lowest BCUT2D eigenvalue weighted by atomic mass is 10.1. The van der Waals surface area contributed by atoms with Crippen LogP contribution in [0.15, 0.2) is 29.4 Å². The van der Waals surface area contributed by atoms with E-state index >= 15 is 0 Å². The molecule has 116 valence electrons. The number of rotatable bonds is 4. The van der Waals surface area contributed by atoms with Crippen molar-refractivity contribution >= 4 is 17.3 Å². The van der Waals surface area contributed by atoms with Crippen molar-refractivity contribution in [2.24, 2.45) is 5.16 Å². The molecule has 21 heavy (non-hydrogen) atoms. The molecule has 0 atom stereocenters. The summed E-state index contributed by atoms with van der Waals surface area (Å²) in [5.41, 5.74) is -1.26. The topological polar surface area (TPSA) is 40.0 Å². The van der Waals surface area contributed by atoms with Crippen molar-refractivity contribution in [2.45, 2.75) is 18.9 Å². The third-order valence-electron chi connectivity index (χ3n) is 2.65. The van der Waals surface area contributed by atoms with Crippen LogP contribution < -0.4 is 0 Å². The first-order valence-electron chi connectivity index (χ1n) is 6.23. The monoisotopic (exact) mass is 323 g/mol. The van der Waals surface area contributed by atoms with Gasteiger partial charge in [-0.1, -0.05) is 28.9 Å². The molecule has 1 aliphatic heterocycles. The molecule has 8 heteroatoms. The fourth-order valence-corrected chi connectivity index (χ4v) is 1.80. The smallest absolute Gasteiger partial charge is 0.390 e. The normalized spacial score (nSPS) is 17.8. The molecule has 0 amide bonds. The van der Waals surface area contributed by atoms with Gasteiger partial charge in [0.1, 0.15) is 0 Å². The number of oxime groups is 1. The number of hydrogen-bond acceptors (Lipinski definition) is 4. The second-order valence-corrected chi connectivity index (χ2v) is 4.70. The van der Waals surface area contributed by atoms with Crippen LogP contribution in [0.4, 0.5) is 13.2 Å². The van der Waals surface area contributed by atoms with Crippen LogP contribution in [0.1, 0.15) is 12.0 Å². The van der Waals surface area contributed by atoms with Gasteiger partial charge in [-0.05, 0) is 18.6 Å². The number of nitrogens with zero attached hydrogens (tertiary/aromatic N) is 1. The Bertz CT molecular complexity index is 484. The maximum Gasteiger partial charge on any atom is 0.437 e. The van der Waals surface area contributed by atoms with Gasteiger partial charge in [0.25, 0.3) is 0 Å². The fourth-order valence-electron chi connectivity index (χ4n) is 1.67. The SMILES string of the molecule is FC(F)(F)C(=NOCC1OCCCO1)c1ccc(Cl)cc1. The van der Waals surface area contributed by atoms with E-state index in [1.54, 1.807) is 0 Å². The second-order valence-electron chi connectivity index (χ2n) is 4.27. The molecule has 4 nitrogen and oxygen atoms in total. The van der Waals surface area contributed by atoms with E-state index in [4.69, 9.17) is 25.9 Å². The Kier molecular flexibility index (Phi) is 5.44. The van der Waals surface area contributed by atoms with Gasteiger partial charge in [-0.15, -0.1) is 0 Å². The quantitative estimate of drug-likeness (QED) is 0.630. The van der Waals surface area contributed by atoms with Crippen molar-refractivity contribution in [1.82, 2.24) is 0 Å². The van der Waals surface area contributed by atoms with Crippen molar-refractivity contribution in [1.29, 1.82) is 0 Å². The molecule has 0 aliphatic carbocycles. The van der Waals surface area contributed by atoms with Gasteiger partial charge in [0.2, 0.25) is 0 Å². The van der Waals surface area contributed by atoms with E-state index < -0.39 is 18.2 Å². The summed E-state index contributed by atoms with van der Waals surface area (Å²) in [6.45, 7) is 0.773. The van der Waals surface area contributed by atoms with Crippen molar-refractivity contribution in [3.8, 4) is 0 Å². The van der Waals surface area contributed by atoms with Gasteiger partial charge < -0.3 is 14.3 Å². The Balaban J connectivity index is 2.05. The van der Waals surface area contributed by atoms with Crippen LogP contribution in [-0.4, -0.2) is 38.0 Å². The van der Waals surface area contributed by atoms with Gasteiger partial charge in [0.15, 0.2) is 18.6 Å². The molecular weight excluding hydrogens is 311 g/mol. The Labute approximate surface area is 124 Å². The largest absolute Gasteiger partial charge is 0.437 e. The molecule has 1 aromatic carbocycles. The first kappa shape index (κ1) is 16.1. The van der Waals surface area contributed by atoms with Crippen LogP contribution in [0.3, 0.4) is 0 Å². The molecule has 1 saturated heterocycles. The lowest BCUT2D eigenvalue weighted by Crippen LogP contribution is -2.29. The highest BCUT2D eigenvalue weighted by molar-refractivity contribution is 6.30. The van der Waals surface area contributed by atoms with E-state index in [1.165, 1.54) is 24.3 Å². The third-order valence-corrected chi connectivity index (χ3v) is 2.90. The Hall–Kier alpha value is -1.31. The van der Waals surface area contributed by atoms with E-state index in [9.17, 15) is 13.2 Å². The molecule has 1 aromatic rings. The molecule has 0 bridgehead atoms. The van der Waals surface area contributed by atoms with Gasteiger partial charge in [0.05, 0.1) is 13.2 Å². The molecule has 0 unspecified atom stereocenters. The summed E-state index contributed by atoms with van der Waals surface area (Å²) in [6.07, 6.45) is -4.58. The molecule has 1 aliphatic rings. The van der Waals surface area contributed by atoms with E-state index in [-0.39, 0.29) is 12.2 Å². The molecule has 1 heterocycles. The summed E-state index contributed by atoms with van der Waals surface area (Å²) in [4.78, 5) is 4.73. The lowest BCUT2D eigenvalue weighted by molar-refractivity contribution is -0.203. The summed E-state index contributed by atoms with van der Waals surface area (Å²) in [7, 11) is 0. The predicted octanol–water partition coefficient (Wildman–Crippen LogP) is 3.39. The molecule has 2 rings (SSSR count). The average Bonchev–Trinajstić information content (AvgIpc) is 2.45. The molecule has 0 spiro atoms. The van der Waals surface area contributed by atoms with Crippen molar-refractivity contribution in [2.75, 3.05) is 19.8 Å². The first-order valence-corrected chi connectivity index (χ1v) is 6.61. The third kappa shape index (κ3) is 4.87. The van der Waals surface area contributed by atoms with E-state index in [1.807, 2.05) is 0 Å². The minimum absolute atomic E-state index is 0.127. The zero-order valence-electron chi connectivity index (χ0n) is 10.9. The summed E-state index contributed by atoms with van der Waals surface area (Å²) in [5.74, 6) is 0. The lowest BCUT2D eigenvalue weighted by Gasteiger charge is -2.22. The summed E-state index contributed by atoms with van der Waals surface area (Å²) in [6, 6.07) is 5.16. The molecule has 0 radical (unpaired) electrons. The van der Waals surface area contributed by atoms with Crippen LogP contribution in [0.2, 0.25) is 5.02 Å². The highest BCUT2D eigenvalue weighted by Crippen LogP contribution is 2.24. The highest BCUT2D eigenvalue weighted by atomic mass is 35.5. The summed E-state index contributed by atoms with van der Waals surface area (Å²) >= 11 is 5.65. The summed E-state index contributed by atoms with van der Waals surface area (Å²) in [5, 5.41) is 3.52. The minimum atomic E-state index is -4.64. The first-order chi connectivity index (χ1) is 9.97. The zero-order valence-corrected chi connectivity index (χ0v) is 11.7. The van der Waals surface area contributed by atoms with E-state index in [0.717, 1.165) is 6.42 Å². The predicted molar refractivity (Wildman–Crippen MR) is 70.3 cm³/mol. The van der Waals surface area contributed by atoms with Crippen molar-refractivity contribution in [3.05, 3.63) is 34.9 Å². The highest BCUT2D eigenvalue weighted by Gasteiger charge is 2.38. The zero-order chi connectivity index (χ0) is 15.3. The van der Waals surface area contributed by atoms with Gasteiger partial charge in [-0.25, -0.2) is 0 Å². The number of alkyl halides is 3. The molecule has 0 saturated carbocycles. The van der Waals surface area contributed by atoms with E-state index in [2.05, 4.69) is 5.16 Å². The minimum Gasteiger partial charge on any atom is -0.390 e. The number of hydrogen-bond donors (Lipinski definition) is 0. The van der Waals surface area contributed by atoms with Crippen LogP contribution in [0, 0.1) is 0 Å². The average molecular weight is 324 g/mol. The Morgan fingerprint density at radius 2 is 1.86 bits per heavy atom. The molecule has 1 fully saturated rings. The van der Waals surface area contributed by atoms with E-state index in [0.29, 0.717) is 18.2 Å².